The van der Waals surface area contributed by atoms with Crippen molar-refractivity contribution in [2.24, 2.45) is 0 Å². The number of carbonyl (C=O) groups excluding carboxylic acids is 1. The number of nitrogens with zero attached hydrogens (tertiary/aromatic N) is 1. The quantitative estimate of drug-likeness (QED) is 0.649. The predicted octanol–water partition coefficient (Wildman–Crippen LogP) is 2.89. The number of non-ortho nitro benzene ring substituents is 1. The minimum Gasteiger partial charge on any atom is -0.384 e. The molecule has 1 amide bonds. The predicted molar refractivity (Wildman–Crippen MR) is 86.5 cm³/mol. The fourth-order valence-electron chi connectivity index (χ4n) is 2.05. The van der Waals surface area contributed by atoms with E-state index in [0.29, 0.717) is 5.56 Å². The van der Waals surface area contributed by atoms with E-state index in [0.717, 1.165) is 6.07 Å². The summed E-state index contributed by atoms with van der Waals surface area (Å²) in [4.78, 5) is 22.4. The lowest BCUT2D eigenvalue weighted by Crippen LogP contribution is -2.38. The molecule has 0 saturated heterocycles. The number of carbonyl (C=O) groups is 1. The molecule has 0 aliphatic rings. The summed E-state index contributed by atoms with van der Waals surface area (Å²) in [5.41, 5.74) is -0.867. The van der Waals surface area contributed by atoms with E-state index in [2.05, 4.69) is 5.32 Å². The zero-order valence-corrected chi connectivity index (χ0v) is 13.1. The summed E-state index contributed by atoms with van der Waals surface area (Å²) in [6, 6.07) is 12.5. The summed E-state index contributed by atoms with van der Waals surface area (Å²) in [6.07, 6.45) is 0. The average molecular weight is 335 g/mol. The number of nitrogens with one attached hydrogen (secondary N) is 1. The zero-order chi connectivity index (χ0) is 17.0. The van der Waals surface area contributed by atoms with Crippen LogP contribution in [-0.4, -0.2) is 22.5 Å². The molecule has 0 spiro atoms. The van der Waals surface area contributed by atoms with E-state index in [9.17, 15) is 20.0 Å². The van der Waals surface area contributed by atoms with Gasteiger partial charge in [-0.3, -0.25) is 14.9 Å². The van der Waals surface area contributed by atoms with Crippen LogP contribution in [0.4, 0.5) is 5.69 Å². The Balaban J connectivity index is 2.14. The minimum absolute atomic E-state index is 0.00951. The van der Waals surface area contributed by atoms with Crippen molar-refractivity contribution in [2.45, 2.75) is 12.5 Å². The molecule has 7 heteroatoms. The molecule has 1 atom stereocenters. The standard InChI is InChI=1S/C16H15ClN2O4/c1-16(21,11-5-3-2-4-6-11)10-18-15(20)13-9-12(19(22)23)7-8-14(13)17/h2-9,21H,10H2,1H3,(H,18,20). The van der Waals surface area contributed by atoms with Crippen LogP contribution < -0.4 is 5.32 Å². The number of hydrogen-bond acceptors (Lipinski definition) is 4. The second-order valence-electron chi connectivity index (χ2n) is 5.24. The highest BCUT2D eigenvalue weighted by molar-refractivity contribution is 6.33. The monoisotopic (exact) mass is 334 g/mol. The van der Waals surface area contributed by atoms with Crippen LogP contribution >= 0.6 is 11.6 Å². The van der Waals surface area contributed by atoms with Crippen LogP contribution in [0.25, 0.3) is 0 Å². The van der Waals surface area contributed by atoms with Crippen molar-refractivity contribution in [1.29, 1.82) is 0 Å². The number of rotatable bonds is 5. The lowest BCUT2D eigenvalue weighted by molar-refractivity contribution is -0.384. The van der Waals surface area contributed by atoms with E-state index < -0.39 is 16.4 Å². The summed E-state index contributed by atoms with van der Waals surface area (Å²) in [5.74, 6) is -0.588. The van der Waals surface area contributed by atoms with Crippen LogP contribution in [0.15, 0.2) is 48.5 Å². The normalized spacial score (nSPS) is 13.2. The van der Waals surface area contributed by atoms with Crippen LogP contribution in [0, 0.1) is 10.1 Å². The van der Waals surface area contributed by atoms with Crippen LogP contribution in [0.5, 0.6) is 0 Å². The van der Waals surface area contributed by atoms with Gasteiger partial charge < -0.3 is 10.4 Å². The minimum atomic E-state index is -1.27. The van der Waals surface area contributed by atoms with Crippen molar-refractivity contribution >= 4 is 23.2 Å². The first kappa shape index (κ1) is 16.9. The molecule has 1 unspecified atom stereocenters. The Bertz CT molecular complexity index is 732. The molecule has 0 radical (unpaired) electrons. The maximum absolute atomic E-state index is 12.2. The molecular weight excluding hydrogens is 320 g/mol. The molecule has 6 nitrogen and oxygen atoms in total. The molecule has 2 aromatic rings. The first-order valence-corrected chi connectivity index (χ1v) is 7.19. The maximum Gasteiger partial charge on any atom is 0.270 e. The molecule has 0 aliphatic carbocycles. The Hall–Kier alpha value is -2.44. The summed E-state index contributed by atoms with van der Waals surface area (Å²) in [7, 11) is 0. The van der Waals surface area contributed by atoms with Gasteiger partial charge in [-0.25, -0.2) is 0 Å². The van der Waals surface area contributed by atoms with Gasteiger partial charge in [0, 0.05) is 12.1 Å². The third kappa shape index (κ3) is 4.06. The zero-order valence-electron chi connectivity index (χ0n) is 12.3. The lowest BCUT2D eigenvalue weighted by atomic mass is 9.96. The Kier molecular flexibility index (Phi) is 4.98. The Labute approximate surface area is 137 Å². The molecule has 2 N–H and O–H groups in total. The second kappa shape index (κ2) is 6.76. The fourth-order valence-corrected chi connectivity index (χ4v) is 2.25. The van der Waals surface area contributed by atoms with Gasteiger partial charge in [0.15, 0.2) is 0 Å². The van der Waals surface area contributed by atoms with Crippen molar-refractivity contribution in [1.82, 2.24) is 5.32 Å². The van der Waals surface area contributed by atoms with E-state index >= 15 is 0 Å². The number of halogens is 1. The average Bonchev–Trinajstić information content (AvgIpc) is 2.53. The Morgan fingerprint density at radius 1 is 1.30 bits per heavy atom. The SMILES string of the molecule is CC(O)(CNC(=O)c1cc([N+](=O)[O-])ccc1Cl)c1ccccc1. The number of nitro groups is 1. The van der Waals surface area contributed by atoms with Gasteiger partial charge >= 0.3 is 0 Å². The Morgan fingerprint density at radius 2 is 1.96 bits per heavy atom. The summed E-state index contributed by atoms with van der Waals surface area (Å²) < 4.78 is 0. The van der Waals surface area contributed by atoms with Crippen LogP contribution in [0.3, 0.4) is 0 Å². The van der Waals surface area contributed by atoms with Crippen molar-refractivity contribution in [3.63, 3.8) is 0 Å². The highest BCUT2D eigenvalue weighted by Gasteiger charge is 2.24. The maximum atomic E-state index is 12.2. The number of aliphatic hydroxyl groups is 1. The molecule has 0 aromatic heterocycles. The van der Waals surface area contributed by atoms with Crippen molar-refractivity contribution < 1.29 is 14.8 Å². The largest absolute Gasteiger partial charge is 0.384 e. The molecular formula is C16H15ClN2O4. The van der Waals surface area contributed by atoms with Crippen molar-refractivity contribution in [3.05, 3.63) is 74.8 Å². The lowest BCUT2D eigenvalue weighted by Gasteiger charge is -2.24. The molecule has 2 aromatic carbocycles. The number of hydrogen-bond donors (Lipinski definition) is 2. The van der Waals surface area contributed by atoms with Gasteiger partial charge in [-0.05, 0) is 18.6 Å². The fraction of sp³-hybridized carbons (Fsp3) is 0.188. The van der Waals surface area contributed by atoms with Gasteiger partial charge in [-0.2, -0.15) is 0 Å². The topological polar surface area (TPSA) is 92.5 Å². The molecule has 0 aliphatic heterocycles. The highest BCUT2D eigenvalue weighted by Crippen LogP contribution is 2.23. The van der Waals surface area contributed by atoms with Gasteiger partial charge in [0.25, 0.3) is 11.6 Å². The summed E-state index contributed by atoms with van der Waals surface area (Å²) in [5, 5.41) is 23.9. The third-order valence-electron chi connectivity index (χ3n) is 3.39. The third-order valence-corrected chi connectivity index (χ3v) is 3.72. The smallest absolute Gasteiger partial charge is 0.270 e. The molecule has 0 saturated carbocycles. The second-order valence-corrected chi connectivity index (χ2v) is 5.65. The summed E-state index contributed by atoms with van der Waals surface area (Å²) >= 11 is 5.92. The number of benzene rings is 2. The number of amides is 1. The molecule has 0 bridgehead atoms. The van der Waals surface area contributed by atoms with Gasteiger partial charge in [-0.15, -0.1) is 0 Å². The van der Waals surface area contributed by atoms with Crippen molar-refractivity contribution in [3.8, 4) is 0 Å². The van der Waals surface area contributed by atoms with E-state index in [-0.39, 0.29) is 22.8 Å². The van der Waals surface area contributed by atoms with Crippen LogP contribution in [-0.2, 0) is 5.60 Å². The first-order chi connectivity index (χ1) is 10.8. The highest BCUT2D eigenvalue weighted by atomic mass is 35.5. The molecule has 0 fully saturated rings. The van der Waals surface area contributed by atoms with Gasteiger partial charge in [-0.1, -0.05) is 41.9 Å². The Morgan fingerprint density at radius 3 is 2.57 bits per heavy atom. The van der Waals surface area contributed by atoms with Gasteiger partial charge in [0.2, 0.25) is 0 Å². The van der Waals surface area contributed by atoms with Gasteiger partial charge in [0.05, 0.1) is 22.1 Å². The molecule has 0 heterocycles. The summed E-state index contributed by atoms with van der Waals surface area (Å²) in [6.45, 7) is 1.51. The molecule has 120 valence electrons. The number of nitro benzene ring substituents is 1. The van der Waals surface area contributed by atoms with E-state index in [4.69, 9.17) is 11.6 Å². The van der Waals surface area contributed by atoms with E-state index in [1.807, 2.05) is 6.07 Å². The van der Waals surface area contributed by atoms with Crippen LogP contribution in [0.2, 0.25) is 5.02 Å². The van der Waals surface area contributed by atoms with Crippen LogP contribution in [0.1, 0.15) is 22.8 Å². The first-order valence-electron chi connectivity index (χ1n) is 6.81. The van der Waals surface area contributed by atoms with E-state index in [1.54, 1.807) is 31.2 Å². The molecule has 23 heavy (non-hydrogen) atoms. The van der Waals surface area contributed by atoms with Gasteiger partial charge in [0.1, 0.15) is 5.60 Å². The van der Waals surface area contributed by atoms with Crippen molar-refractivity contribution in [2.75, 3.05) is 6.54 Å². The van der Waals surface area contributed by atoms with E-state index in [1.165, 1.54) is 12.1 Å². The molecule has 2 rings (SSSR count).